The number of hydrogen-bond donors (Lipinski definition) is 1. The van der Waals surface area contributed by atoms with E-state index in [1.165, 1.54) is 0 Å². The molecule has 6 nitrogen and oxygen atoms in total. The van der Waals surface area contributed by atoms with E-state index in [9.17, 15) is 0 Å². The summed E-state index contributed by atoms with van der Waals surface area (Å²) in [6.07, 6.45) is 1.86. The summed E-state index contributed by atoms with van der Waals surface area (Å²) in [6, 6.07) is 6.09. The highest BCUT2D eigenvalue weighted by atomic mass is 127. The normalized spacial score (nSPS) is 15.4. The molecule has 0 atom stereocenters. The third kappa shape index (κ3) is 6.43. The van der Waals surface area contributed by atoms with E-state index in [1.54, 1.807) is 0 Å². The standard InChI is InChI=1S/C17H30N6.HI/c1-4-18-17(20-10-11-21(3)5-2)23-14-12-22(13-15-23)16-8-6-7-9-19-16;/h6-9H,4-5,10-15H2,1-3H3,(H,18,20);1H. The summed E-state index contributed by atoms with van der Waals surface area (Å²) in [5.41, 5.74) is 0. The lowest BCUT2D eigenvalue weighted by molar-refractivity contribution is 0.354. The van der Waals surface area contributed by atoms with Crippen molar-refractivity contribution in [2.75, 3.05) is 64.3 Å². The van der Waals surface area contributed by atoms with Crippen LogP contribution >= 0.6 is 24.0 Å². The fourth-order valence-electron chi connectivity index (χ4n) is 2.60. The van der Waals surface area contributed by atoms with E-state index in [0.29, 0.717) is 0 Å². The van der Waals surface area contributed by atoms with E-state index >= 15 is 0 Å². The van der Waals surface area contributed by atoms with Crippen molar-refractivity contribution in [2.45, 2.75) is 13.8 Å². The number of nitrogens with one attached hydrogen (secondary N) is 1. The molecule has 0 saturated carbocycles. The van der Waals surface area contributed by atoms with Gasteiger partial charge in [0.1, 0.15) is 5.82 Å². The van der Waals surface area contributed by atoms with Crippen LogP contribution in [0, 0.1) is 0 Å². The molecule has 0 radical (unpaired) electrons. The summed E-state index contributed by atoms with van der Waals surface area (Å²) in [5.74, 6) is 2.11. The monoisotopic (exact) mass is 446 g/mol. The van der Waals surface area contributed by atoms with Crippen LogP contribution < -0.4 is 10.2 Å². The van der Waals surface area contributed by atoms with Gasteiger partial charge in [0, 0.05) is 45.5 Å². The molecule has 0 aliphatic carbocycles. The van der Waals surface area contributed by atoms with E-state index < -0.39 is 0 Å². The average molecular weight is 446 g/mol. The van der Waals surface area contributed by atoms with Gasteiger partial charge in [-0.3, -0.25) is 4.99 Å². The van der Waals surface area contributed by atoms with Gasteiger partial charge in [0.05, 0.1) is 6.54 Å². The lowest BCUT2D eigenvalue weighted by Crippen LogP contribution is -2.52. The van der Waals surface area contributed by atoms with E-state index in [1.807, 2.05) is 18.3 Å². The number of anilines is 1. The number of halogens is 1. The van der Waals surface area contributed by atoms with Gasteiger partial charge < -0.3 is 20.0 Å². The highest BCUT2D eigenvalue weighted by Crippen LogP contribution is 2.12. The molecular weight excluding hydrogens is 415 g/mol. The number of nitrogens with zero attached hydrogens (tertiary/aromatic N) is 5. The Morgan fingerprint density at radius 2 is 2.00 bits per heavy atom. The smallest absolute Gasteiger partial charge is 0.194 e. The van der Waals surface area contributed by atoms with Crippen LogP contribution in [0.25, 0.3) is 0 Å². The second-order valence-electron chi connectivity index (χ2n) is 5.79. The molecule has 7 heteroatoms. The minimum absolute atomic E-state index is 0. The zero-order chi connectivity index (χ0) is 16.5. The Morgan fingerprint density at radius 1 is 1.25 bits per heavy atom. The molecule has 1 N–H and O–H groups in total. The third-order valence-electron chi connectivity index (χ3n) is 4.17. The third-order valence-corrected chi connectivity index (χ3v) is 4.17. The first kappa shape index (κ1) is 21.0. The lowest BCUT2D eigenvalue weighted by atomic mass is 10.3. The van der Waals surface area contributed by atoms with Crippen LogP contribution in [0.3, 0.4) is 0 Å². The predicted molar refractivity (Wildman–Crippen MR) is 113 cm³/mol. The van der Waals surface area contributed by atoms with Gasteiger partial charge in [0.2, 0.25) is 0 Å². The number of guanidine groups is 1. The van der Waals surface area contributed by atoms with Gasteiger partial charge in [-0.25, -0.2) is 4.98 Å². The summed E-state index contributed by atoms with van der Waals surface area (Å²) in [4.78, 5) is 16.2. The van der Waals surface area contributed by atoms with Crippen molar-refractivity contribution < 1.29 is 0 Å². The summed E-state index contributed by atoms with van der Waals surface area (Å²) >= 11 is 0. The molecule has 0 spiro atoms. The molecule has 1 aromatic heterocycles. The molecule has 136 valence electrons. The van der Waals surface area contributed by atoms with E-state index in [2.05, 4.69) is 52.0 Å². The number of rotatable bonds is 6. The summed E-state index contributed by atoms with van der Waals surface area (Å²) in [7, 11) is 2.13. The molecular formula is C17H31IN6. The fraction of sp³-hybridized carbons (Fsp3) is 0.647. The first-order valence-corrected chi connectivity index (χ1v) is 8.62. The van der Waals surface area contributed by atoms with Crippen LogP contribution in [0.2, 0.25) is 0 Å². The highest BCUT2D eigenvalue weighted by molar-refractivity contribution is 14.0. The largest absolute Gasteiger partial charge is 0.357 e. The molecule has 2 rings (SSSR count). The van der Waals surface area contributed by atoms with Crippen molar-refractivity contribution in [1.82, 2.24) is 20.1 Å². The Morgan fingerprint density at radius 3 is 2.58 bits per heavy atom. The predicted octanol–water partition coefficient (Wildman–Crippen LogP) is 1.74. The average Bonchev–Trinajstić information content (AvgIpc) is 2.61. The second-order valence-corrected chi connectivity index (χ2v) is 5.79. The summed E-state index contributed by atoms with van der Waals surface area (Å²) in [6.45, 7) is 12.0. The van der Waals surface area contributed by atoms with Crippen molar-refractivity contribution >= 4 is 35.8 Å². The summed E-state index contributed by atoms with van der Waals surface area (Å²) < 4.78 is 0. The van der Waals surface area contributed by atoms with Crippen molar-refractivity contribution in [3.63, 3.8) is 0 Å². The molecule has 1 aliphatic heterocycles. The molecule has 1 aliphatic rings. The Balaban J connectivity index is 0.00000288. The van der Waals surface area contributed by atoms with E-state index in [0.717, 1.165) is 64.1 Å². The SMILES string of the molecule is CCNC(=NCCN(C)CC)N1CCN(c2ccccn2)CC1.I. The molecule has 24 heavy (non-hydrogen) atoms. The van der Waals surface area contributed by atoms with Gasteiger partial charge in [-0.2, -0.15) is 0 Å². The first-order chi connectivity index (χ1) is 11.2. The quantitative estimate of drug-likeness (QED) is 0.410. The van der Waals surface area contributed by atoms with Crippen molar-refractivity contribution in [1.29, 1.82) is 0 Å². The zero-order valence-electron chi connectivity index (χ0n) is 15.1. The summed E-state index contributed by atoms with van der Waals surface area (Å²) in [5, 5.41) is 3.42. The van der Waals surface area contributed by atoms with Crippen molar-refractivity contribution in [2.24, 2.45) is 4.99 Å². The van der Waals surface area contributed by atoms with E-state index in [4.69, 9.17) is 4.99 Å². The number of likely N-dealkylation sites (N-methyl/N-ethyl adjacent to an activating group) is 1. The van der Waals surface area contributed by atoms with Gasteiger partial charge in [-0.15, -0.1) is 24.0 Å². The molecule has 1 aromatic rings. The van der Waals surface area contributed by atoms with E-state index in [-0.39, 0.29) is 24.0 Å². The number of aromatic nitrogens is 1. The number of aliphatic imine (C=N–C) groups is 1. The number of piperazine rings is 1. The highest BCUT2D eigenvalue weighted by Gasteiger charge is 2.20. The van der Waals surface area contributed by atoms with Crippen LogP contribution in [0.1, 0.15) is 13.8 Å². The molecule has 0 bridgehead atoms. The molecule has 0 amide bonds. The fourth-order valence-corrected chi connectivity index (χ4v) is 2.60. The van der Waals surface area contributed by atoms with Crippen LogP contribution in [-0.2, 0) is 0 Å². The minimum Gasteiger partial charge on any atom is -0.357 e. The number of pyridine rings is 1. The maximum absolute atomic E-state index is 4.78. The lowest BCUT2D eigenvalue weighted by Gasteiger charge is -2.37. The molecule has 0 aromatic carbocycles. The van der Waals surface area contributed by atoms with Crippen LogP contribution in [0.5, 0.6) is 0 Å². The van der Waals surface area contributed by atoms with Crippen molar-refractivity contribution in [3.8, 4) is 0 Å². The maximum atomic E-state index is 4.78. The van der Waals surface area contributed by atoms with Gasteiger partial charge in [-0.1, -0.05) is 13.0 Å². The van der Waals surface area contributed by atoms with Crippen molar-refractivity contribution in [3.05, 3.63) is 24.4 Å². The van der Waals surface area contributed by atoms with Gasteiger partial charge >= 0.3 is 0 Å². The minimum atomic E-state index is 0. The zero-order valence-corrected chi connectivity index (χ0v) is 17.4. The molecule has 0 unspecified atom stereocenters. The maximum Gasteiger partial charge on any atom is 0.194 e. The Kier molecular flexibility index (Phi) is 10.0. The molecule has 1 saturated heterocycles. The molecule has 2 heterocycles. The van der Waals surface area contributed by atoms with Crippen LogP contribution in [0.4, 0.5) is 5.82 Å². The van der Waals surface area contributed by atoms with Gasteiger partial charge in [-0.05, 0) is 32.6 Å². The Bertz CT molecular complexity index is 473. The second kappa shape index (κ2) is 11.5. The van der Waals surface area contributed by atoms with Crippen LogP contribution in [-0.4, -0.2) is 80.1 Å². The van der Waals surface area contributed by atoms with Gasteiger partial charge in [0.25, 0.3) is 0 Å². The number of hydrogen-bond acceptors (Lipinski definition) is 4. The Hall–Kier alpha value is -1.09. The van der Waals surface area contributed by atoms with Gasteiger partial charge in [0.15, 0.2) is 5.96 Å². The van der Waals surface area contributed by atoms with Crippen LogP contribution in [0.15, 0.2) is 29.4 Å². The molecule has 1 fully saturated rings. The topological polar surface area (TPSA) is 47.0 Å². The first-order valence-electron chi connectivity index (χ1n) is 8.62. The Labute approximate surface area is 163 Å².